The number of rotatable bonds is 3. The minimum atomic E-state index is -1.20. The fourth-order valence-electron chi connectivity index (χ4n) is 3.59. The lowest BCUT2D eigenvalue weighted by atomic mass is 9.92. The van der Waals surface area contributed by atoms with Crippen molar-refractivity contribution in [3.8, 4) is 0 Å². The normalized spacial score (nSPS) is 25.3. The first-order valence-electron chi connectivity index (χ1n) is 9.59. The number of amides is 1. The Morgan fingerprint density at radius 2 is 1.57 bits per heavy atom. The van der Waals surface area contributed by atoms with E-state index < -0.39 is 53.6 Å². The highest BCUT2D eigenvalue weighted by Gasteiger charge is 2.59. The Morgan fingerprint density at radius 1 is 1.00 bits per heavy atom. The maximum Gasteiger partial charge on any atom is 0.412 e. The molecule has 3 atom stereocenters. The highest BCUT2D eigenvalue weighted by atomic mass is 16.6. The smallest absolute Gasteiger partial charge is 0.412 e. The molecule has 2 aliphatic rings. The molecule has 1 amide bonds. The Balaban J connectivity index is 2.55. The molecular weight excluding hydrogens is 398 g/mol. The lowest BCUT2D eigenvalue weighted by Gasteiger charge is -2.37. The Kier molecular flexibility index (Phi) is 6.51. The lowest BCUT2D eigenvalue weighted by Crippen LogP contribution is -2.53. The molecule has 0 aromatic rings. The first-order chi connectivity index (χ1) is 13.6. The second kappa shape index (κ2) is 8.25. The summed E-state index contributed by atoms with van der Waals surface area (Å²) in [6, 6.07) is -0.701. The zero-order valence-electron chi connectivity index (χ0n) is 18.6. The summed E-state index contributed by atoms with van der Waals surface area (Å²) in [7, 11) is 0. The summed E-state index contributed by atoms with van der Waals surface area (Å²) in [6.07, 6.45) is -2.72. The van der Waals surface area contributed by atoms with Crippen LogP contribution in [-0.4, -0.2) is 58.5 Å². The zero-order valence-corrected chi connectivity index (χ0v) is 18.6. The summed E-state index contributed by atoms with van der Waals surface area (Å²) in [5, 5.41) is 0. The average molecular weight is 427 g/mol. The van der Waals surface area contributed by atoms with E-state index in [9.17, 15) is 19.2 Å². The SMILES string of the molecule is CC(=O)OC1=C(OC(C)=O)[C@@H](OC(C)=O)[C@@H]2OC(C)(C)N(C(=O)OC(C)(C)C)[C@@H]2C1. The standard InChI is InChI=1S/C20H29NO9/c1-10(22)26-14-9-13-15(17(28-12(3)24)16(14)27-11(2)23)29-20(7,8)21(13)18(25)30-19(4,5)6/h13,15,17H,9H2,1-8H3/t13-,15-,17+/m1/s1. The zero-order chi connectivity index (χ0) is 23.0. The van der Waals surface area contributed by atoms with Crippen LogP contribution in [0.25, 0.3) is 0 Å². The van der Waals surface area contributed by atoms with Gasteiger partial charge in [0.1, 0.15) is 17.4 Å². The van der Waals surface area contributed by atoms with Crippen molar-refractivity contribution in [3.63, 3.8) is 0 Å². The molecule has 1 saturated heterocycles. The summed E-state index contributed by atoms with van der Waals surface area (Å²) in [6.45, 7) is 12.1. The molecule has 1 heterocycles. The summed E-state index contributed by atoms with van der Waals surface area (Å²) < 4.78 is 27.5. The molecule has 168 valence electrons. The quantitative estimate of drug-likeness (QED) is 0.494. The number of esters is 3. The molecule has 0 radical (unpaired) electrons. The van der Waals surface area contributed by atoms with Gasteiger partial charge in [-0.15, -0.1) is 0 Å². The van der Waals surface area contributed by atoms with Gasteiger partial charge in [0, 0.05) is 27.2 Å². The molecule has 10 nitrogen and oxygen atoms in total. The van der Waals surface area contributed by atoms with Gasteiger partial charge in [0.2, 0.25) is 0 Å². The molecule has 1 fully saturated rings. The molecule has 0 bridgehead atoms. The van der Waals surface area contributed by atoms with Gasteiger partial charge in [-0.3, -0.25) is 19.3 Å². The third-order valence-electron chi connectivity index (χ3n) is 4.35. The van der Waals surface area contributed by atoms with E-state index in [4.69, 9.17) is 23.7 Å². The van der Waals surface area contributed by atoms with Crippen LogP contribution in [0.5, 0.6) is 0 Å². The van der Waals surface area contributed by atoms with Crippen molar-refractivity contribution in [3.05, 3.63) is 11.5 Å². The Bertz CT molecular complexity index is 778. The van der Waals surface area contributed by atoms with Crippen LogP contribution in [0.1, 0.15) is 61.8 Å². The molecule has 2 rings (SSSR count). The fraction of sp³-hybridized carbons (Fsp3) is 0.700. The van der Waals surface area contributed by atoms with Gasteiger partial charge in [0.25, 0.3) is 0 Å². The van der Waals surface area contributed by atoms with Gasteiger partial charge in [0.05, 0.1) is 6.04 Å². The summed E-state index contributed by atoms with van der Waals surface area (Å²) >= 11 is 0. The van der Waals surface area contributed by atoms with Crippen LogP contribution in [-0.2, 0) is 38.1 Å². The van der Waals surface area contributed by atoms with Crippen LogP contribution in [0.4, 0.5) is 4.79 Å². The van der Waals surface area contributed by atoms with Crippen LogP contribution in [0.2, 0.25) is 0 Å². The Labute approximate surface area is 175 Å². The molecule has 0 spiro atoms. The van der Waals surface area contributed by atoms with Crippen LogP contribution in [0, 0.1) is 0 Å². The fourth-order valence-corrected chi connectivity index (χ4v) is 3.59. The molecule has 10 heteroatoms. The predicted octanol–water partition coefficient (Wildman–Crippen LogP) is 2.40. The van der Waals surface area contributed by atoms with Crippen LogP contribution >= 0.6 is 0 Å². The van der Waals surface area contributed by atoms with Crippen LogP contribution in [0.3, 0.4) is 0 Å². The van der Waals surface area contributed by atoms with Crippen molar-refractivity contribution >= 4 is 24.0 Å². The average Bonchev–Trinajstić information content (AvgIpc) is 2.77. The molecule has 0 saturated carbocycles. The van der Waals surface area contributed by atoms with E-state index in [0.717, 1.165) is 0 Å². The largest absolute Gasteiger partial charge is 0.451 e. The number of hydrogen-bond acceptors (Lipinski definition) is 9. The predicted molar refractivity (Wildman–Crippen MR) is 102 cm³/mol. The highest BCUT2D eigenvalue weighted by molar-refractivity contribution is 5.72. The molecule has 1 aliphatic carbocycles. The van der Waals surface area contributed by atoms with Gasteiger partial charge >= 0.3 is 24.0 Å². The van der Waals surface area contributed by atoms with Crippen molar-refractivity contribution in [2.45, 2.75) is 91.4 Å². The molecule has 30 heavy (non-hydrogen) atoms. The van der Waals surface area contributed by atoms with E-state index in [1.165, 1.54) is 25.7 Å². The molecular formula is C20H29NO9. The van der Waals surface area contributed by atoms with Crippen LogP contribution < -0.4 is 0 Å². The van der Waals surface area contributed by atoms with E-state index in [2.05, 4.69) is 0 Å². The molecule has 0 unspecified atom stereocenters. The van der Waals surface area contributed by atoms with E-state index >= 15 is 0 Å². The van der Waals surface area contributed by atoms with Gasteiger partial charge in [0.15, 0.2) is 17.6 Å². The Hall–Kier alpha value is -2.62. The molecule has 0 aromatic heterocycles. The number of fused-ring (bicyclic) bond motifs is 1. The van der Waals surface area contributed by atoms with Gasteiger partial charge < -0.3 is 23.7 Å². The maximum absolute atomic E-state index is 13.0. The summed E-state index contributed by atoms with van der Waals surface area (Å²) in [4.78, 5) is 49.4. The minimum Gasteiger partial charge on any atom is -0.451 e. The van der Waals surface area contributed by atoms with Crippen molar-refractivity contribution in [1.82, 2.24) is 4.90 Å². The summed E-state index contributed by atoms with van der Waals surface area (Å²) in [5.41, 5.74) is -1.89. The Morgan fingerprint density at radius 3 is 2.03 bits per heavy atom. The van der Waals surface area contributed by atoms with Crippen LogP contribution in [0.15, 0.2) is 11.5 Å². The van der Waals surface area contributed by atoms with E-state index in [1.54, 1.807) is 34.6 Å². The molecule has 0 N–H and O–H groups in total. The minimum absolute atomic E-state index is 0.00665. The first-order valence-corrected chi connectivity index (χ1v) is 9.59. The van der Waals surface area contributed by atoms with Crippen molar-refractivity contribution in [2.24, 2.45) is 0 Å². The van der Waals surface area contributed by atoms with Gasteiger partial charge in [-0.1, -0.05) is 0 Å². The number of ether oxygens (including phenoxy) is 5. The monoisotopic (exact) mass is 427 g/mol. The van der Waals surface area contributed by atoms with E-state index in [-0.39, 0.29) is 17.9 Å². The number of nitrogens with zero attached hydrogens (tertiary/aromatic N) is 1. The number of hydrogen-bond donors (Lipinski definition) is 0. The van der Waals surface area contributed by atoms with Gasteiger partial charge in [-0.2, -0.15) is 0 Å². The van der Waals surface area contributed by atoms with Gasteiger partial charge in [-0.05, 0) is 34.6 Å². The van der Waals surface area contributed by atoms with Crippen molar-refractivity contribution in [1.29, 1.82) is 0 Å². The third-order valence-corrected chi connectivity index (χ3v) is 4.35. The number of carbonyl (C=O) groups is 4. The van der Waals surface area contributed by atoms with E-state index in [0.29, 0.717) is 0 Å². The summed E-state index contributed by atoms with van der Waals surface area (Å²) in [5.74, 6) is -2.15. The highest BCUT2D eigenvalue weighted by Crippen LogP contribution is 2.44. The lowest BCUT2D eigenvalue weighted by molar-refractivity contribution is -0.165. The van der Waals surface area contributed by atoms with E-state index in [1.807, 2.05) is 0 Å². The van der Waals surface area contributed by atoms with Crippen molar-refractivity contribution in [2.75, 3.05) is 0 Å². The second-order valence-electron chi connectivity index (χ2n) is 8.66. The van der Waals surface area contributed by atoms with Crippen molar-refractivity contribution < 1.29 is 42.9 Å². The van der Waals surface area contributed by atoms with Gasteiger partial charge in [-0.25, -0.2) is 4.79 Å². The maximum atomic E-state index is 13.0. The molecule has 0 aromatic carbocycles. The topological polar surface area (TPSA) is 118 Å². The second-order valence-corrected chi connectivity index (χ2v) is 8.66. The first kappa shape index (κ1) is 23.7. The number of carbonyl (C=O) groups excluding carboxylic acids is 4. The molecule has 1 aliphatic heterocycles. The third kappa shape index (κ3) is 5.29.